The highest BCUT2D eigenvalue weighted by atomic mass is 35.5. The second kappa shape index (κ2) is 12.6. The van der Waals surface area contributed by atoms with Crippen LogP contribution in [0.2, 0.25) is 5.02 Å². The minimum Gasteiger partial charge on any atom is -0.457 e. The van der Waals surface area contributed by atoms with E-state index in [-0.39, 0.29) is 12.5 Å². The van der Waals surface area contributed by atoms with Gasteiger partial charge in [0, 0.05) is 18.1 Å². The quantitative estimate of drug-likeness (QED) is 0.385. The number of amides is 2. The van der Waals surface area contributed by atoms with Gasteiger partial charge < -0.3 is 15.0 Å². The molecule has 37 heavy (non-hydrogen) atoms. The lowest BCUT2D eigenvalue weighted by atomic mass is 10.1. The third-order valence-corrected chi connectivity index (χ3v) is 6.96. The van der Waals surface area contributed by atoms with Gasteiger partial charge in [0.15, 0.2) is 0 Å². The molecule has 10 heteroatoms. The summed E-state index contributed by atoms with van der Waals surface area (Å²) in [4.78, 5) is 27.5. The van der Waals surface area contributed by atoms with Crippen LogP contribution in [0.1, 0.15) is 19.4 Å². The maximum atomic E-state index is 13.5. The van der Waals surface area contributed by atoms with E-state index < -0.39 is 28.5 Å². The summed E-state index contributed by atoms with van der Waals surface area (Å²) in [6, 6.07) is 21.7. The molecule has 2 amide bonds. The van der Waals surface area contributed by atoms with Gasteiger partial charge in [-0.3, -0.25) is 13.9 Å². The molecule has 196 valence electrons. The fraction of sp³-hybridized carbons (Fsp3) is 0.259. The van der Waals surface area contributed by atoms with Crippen molar-refractivity contribution < 1.29 is 22.7 Å². The SMILES string of the molecule is CCNC(=O)[C@@H](C)N(Cc1ccc(Cl)cc1)C(=O)CN(c1ccc(Oc2ccccc2)cc1)S(C)(=O)=O. The number of rotatable bonds is 11. The van der Waals surface area contributed by atoms with Crippen molar-refractivity contribution in [3.8, 4) is 11.5 Å². The van der Waals surface area contributed by atoms with Crippen molar-refractivity contribution in [1.82, 2.24) is 10.2 Å². The summed E-state index contributed by atoms with van der Waals surface area (Å²) < 4.78 is 32.2. The van der Waals surface area contributed by atoms with Crippen LogP contribution in [0.25, 0.3) is 0 Å². The first-order valence-electron chi connectivity index (χ1n) is 11.7. The van der Waals surface area contributed by atoms with E-state index in [1.54, 1.807) is 74.5 Å². The molecule has 0 aliphatic carbocycles. The molecular weight excluding hydrogens is 514 g/mol. The van der Waals surface area contributed by atoms with E-state index in [2.05, 4.69) is 5.32 Å². The van der Waals surface area contributed by atoms with Gasteiger partial charge in [-0.2, -0.15) is 0 Å². The number of carbonyl (C=O) groups excluding carboxylic acids is 2. The van der Waals surface area contributed by atoms with Crippen molar-refractivity contribution in [3.05, 3.63) is 89.4 Å². The van der Waals surface area contributed by atoms with Gasteiger partial charge in [0.2, 0.25) is 21.8 Å². The second-order valence-corrected chi connectivity index (χ2v) is 10.7. The molecule has 0 fully saturated rings. The maximum Gasteiger partial charge on any atom is 0.244 e. The molecule has 3 aromatic carbocycles. The van der Waals surface area contributed by atoms with Crippen LogP contribution in [-0.4, -0.2) is 50.5 Å². The van der Waals surface area contributed by atoms with E-state index in [1.807, 2.05) is 18.2 Å². The highest BCUT2D eigenvalue weighted by Crippen LogP contribution is 2.26. The zero-order valence-corrected chi connectivity index (χ0v) is 22.5. The van der Waals surface area contributed by atoms with Crippen LogP contribution in [0, 0.1) is 0 Å². The third kappa shape index (κ3) is 7.96. The van der Waals surface area contributed by atoms with Gasteiger partial charge in [-0.05, 0) is 67.9 Å². The van der Waals surface area contributed by atoms with E-state index in [0.717, 1.165) is 16.1 Å². The molecule has 0 aliphatic rings. The number of para-hydroxylation sites is 1. The maximum absolute atomic E-state index is 13.5. The number of sulfonamides is 1. The number of hydrogen-bond acceptors (Lipinski definition) is 5. The molecule has 0 heterocycles. The predicted molar refractivity (Wildman–Crippen MR) is 145 cm³/mol. The van der Waals surface area contributed by atoms with Crippen molar-refractivity contribution >= 4 is 39.1 Å². The fourth-order valence-corrected chi connectivity index (χ4v) is 4.59. The summed E-state index contributed by atoms with van der Waals surface area (Å²) in [5, 5.41) is 3.26. The largest absolute Gasteiger partial charge is 0.457 e. The number of likely N-dealkylation sites (N-methyl/N-ethyl adjacent to an activating group) is 1. The lowest BCUT2D eigenvalue weighted by Crippen LogP contribution is -2.51. The van der Waals surface area contributed by atoms with Gasteiger partial charge in [-0.1, -0.05) is 41.9 Å². The Bertz CT molecular complexity index is 1300. The second-order valence-electron chi connectivity index (χ2n) is 8.40. The molecule has 0 saturated heterocycles. The lowest BCUT2D eigenvalue weighted by molar-refractivity contribution is -0.139. The topological polar surface area (TPSA) is 96.0 Å². The number of hydrogen-bond donors (Lipinski definition) is 1. The van der Waals surface area contributed by atoms with Crippen LogP contribution in [-0.2, 0) is 26.2 Å². The van der Waals surface area contributed by atoms with E-state index in [9.17, 15) is 18.0 Å². The number of anilines is 1. The van der Waals surface area contributed by atoms with Crippen LogP contribution >= 0.6 is 11.6 Å². The number of benzene rings is 3. The van der Waals surface area contributed by atoms with Crippen LogP contribution in [0.3, 0.4) is 0 Å². The van der Waals surface area contributed by atoms with E-state index >= 15 is 0 Å². The monoisotopic (exact) mass is 543 g/mol. The molecule has 3 rings (SSSR count). The van der Waals surface area contributed by atoms with Crippen LogP contribution in [0.5, 0.6) is 11.5 Å². The molecule has 0 spiro atoms. The van der Waals surface area contributed by atoms with Crippen molar-refractivity contribution in [3.63, 3.8) is 0 Å². The third-order valence-electron chi connectivity index (χ3n) is 5.57. The molecule has 0 saturated carbocycles. The first kappa shape index (κ1) is 28.0. The highest BCUT2D eigenvalue weighted by molar-refractivity contribution is 7.92. The number of nitrogens with one attached hydrogen (secondary N) is 1. The number of nitrogens with zero attached hydrogens (tertiary/aromatic N) is 2. The van der Waals surface area contributed by atoms with Gasteiger partial charge in [0.05, 0.1) is 11.9 Å². The Labute approximate surface area is 222 Å². The van der Waals surface area contributed by atoms with Gasteiger partial charge in [0.1, 0.15) is 24.1 Å². The van der Waals surface area contributed by atoms with Gasteiger partial charge >= 0.3 is 0 Å². The van der Waals surface area contributed by atoms with Crippen LogP contribution in [0.15, 0.2) is 78.9 Å². The summed E-state index contributed by atoms with van der Waals surface area (Å²) >= 11 is 5.98. The minimum atomic E-state index is -3.83. The fourth-order valence-electron chi connectivity index (χ4n) is 3.61. The molecule has 0 bridgehead atoms. The molecule has 0 unspecified atom stereocenters. The Morgan fingerprint density at radius 3 is 2.11 bits per heavy atom. The first-order chi connectivity index (χ1) is 17.6. The molecular formula is C27H30ClN3O5S. The standard InChI is InChI=1S/C27H30ClN3O5S/c1-4-29-27(33)20(2)30(18-21-10-12-22(28)13-11-21)26(32)19-31(37(3,34)35)23-14-16-25(17-15-23)36-24-8-6-5-7-9-24/h5-17,20H,4,18-19H2,1-3H3,(H,29,33)/t20-/m1/s1. The molecule has 8 nitrogen and oxygen atoms in total. The summed E-state index contributed by atoms with van der Waals surface area (Å²) in [6.45, 7) is 3.43. The minimum absolute atomic E-state index is 0.107. The Balaban J connectivity index is 1.85. The van der Waals surface area contributed by atoms with Crippen LogP contribution < -0.4 is 14.4 Å². The van der Waals surface area contributed by atoms with Gasteiger partial charge in [-0.25, -0.2) is 8.42 Å². The zero-order valence-electron chi connectivity index (χ0n) is 20.9. The Kier molecular flexibility index (Phi) is 9.54. The summed E-state index contributed by atoms with van der Waals surface area (Å²) in [5.41, 5.74) is 1.05. The average molecular weight is 544 g/mol. The highest BCUT2D eigenvalue weighted by Gasteiger charge is 2.30. The number of carbonyl (C=O) groups is 2. The molecule has 0 aromatic heterocycles. The first-order valence-corrected chi connectivity index (χ1v) is 13.9. The van der Waals surface area contributed by atoms with E-state index in [1.165, 1.54) is 4.90 Å². The van der Waals surface area contributed by atoms with E-state index in [4.69, 9.17) is 16.3 Å². The smallest absolute Gasteiger partial charge is 0.244 e. The summed E-state index contributed by atoms with van der Waals surface area (Å²) in [6.07, 6.45) is 1.03. The normalized spacial score (nSPS) is 11.9. The Hall–Kier alpha value is -3.56. The molecule has 0 radical (unpaired) electrons. The van der Waals surface area contributed by atoms with Gasteiger partial charge in [-0.15, -0.1) is 0 Å². The number of halogens is 1. The zero-order chi connectivity index (χ0) is 27.0. The van der Waals surface area contributed by atoms with Crippen molar-refractivity contribution in [1.29, 1.82) is 0 Å². The molecule has 1 N–H and O–H groups in total. The van der Waals surface area contributed by atoms with Gasteiger partial charge in [0.25, 0.3) is 0 Å². The predicted octanol–water partition coefficient (Wildman–Crippen LogP) is 4.45. The lowest BCUT2D eigenvalue weighted by Gasteiger charge is -2.31. The summed E-state index contributed by atoms with van der Waals surface area (Å²) in [7, 11) is -3.83. The van der Waals surface area contributed by atoms with Crippen LogP contribution in [0.4, 0.5) is 5.69 Å². The molecule has 0 aliphatic heterocycles. The van der Waals surface area contributed by atoms with Crippen molar-refractivity contribution in [2.75, 3.05) is 23.7 Å². The Morgan fingerprint density at radius 1 is 0.946 bits per heavy atom. The number of ether oxygens (including phenoxy) is 1. The Morgan fingerprint density at radius 2 is 1.54 bits per heavy atom. The average Bonchev–Trinajstić information content (AvgIpc) is 2.87. The van der Waals surface area contributed by atoms with Crippen molar-refractivity contribution in [2.24, 2.45) is 0 Å². The molecule has 1 atom stereocenters. The van der Waals surface area contributed by atoms with E-state index in [0.29, 0.717) is 28.8 Å². The van der Waals surface area contributed by atoms with Crippen molar-refractivity contribution in [2.45, 2.75) is 26.4 Å². The summed E-state index contributed by atoms with van der Waals surface area (Å²) in [5.74, 6) is 0.299. The molecule has 3 aromatic rings.